The Hall–Kier alpha value is -2.08. The SMILES string of the molecule is CN1CCC2(CCC1=O)CC(NC(=O)C1CCOCC1)c1ccccc1O2. The van der Waals surface area contributed by atoms with E-state index in [0.717, 1.165) is 30.6 Å². The van der Waals surface area contributed by atoms with Crippen molar-refractivity contribution < 1.29 is 19.1 Å². The lowest BCUT2D eigenvalue weighted by Gasteiger charge is -2.42. The minimum absolute atomic E-state index is 0.0200. The number of amides is 2. The quantitative estimate of drug-likeness (QED) is 0.866. The summed E-state index contributed by atoms with van der Waals surface area (Å²) in [5, 5.41) is 3.29. The first-order chi connectivity index (χ1) is 13.1. The molecule has 2 saturated heterocycles. The van der Waals surface area contributed by atoms with E-state index in [1.165, 1.54) is 0 Å². The Kier molecular flexibility index (Phi) is 5.08. The second-order valence-corrected chi connectivity index (χ2v) is 8.04. The number of rotatable bonds is 2. The van der Waals surface area contributed by atoms with Crippen LogP contribution in [0.5, 0.6) is 5.75 Å². The van der Waals surface area contributed by atoms with Crippen molar-refractivity contribution in [3.8, 4) is 5.75 Å². The Balaban J connectivity index is 1.56. The molecule has 0 aliphatic carbocycles. The first-order valence-electron chi connectivity index (χ1n) is 9.96. The zero-order valence-electron chi connectivity index (χ0n) is 15.9. The van der Waals surface area contributed by atoms with Crippen LogP contribution < -0.4 is 10.1 Å². The highest BCUT2D eigenvalue weighted by atomic mass is 16.5. The number of fused-ring (bicyclic) bond motifs is 1. The van der Waals surface area contributed by atoms with Crippen LogP contribution in [0.2, 0.25) is 0 Å². The molecule has 1 aromatic rings. The van der Waals surface area contributed by atoms with Gasteiger partial charge in [-0.05, 0) is 25.3 Å². The van der Waals surface area contributed by atoms with Crippen molar-refractivity contribution in [2.24, 2.45) is 5.92 Å². The number of carbonyl (C=O) groups is 2. The first-order valence-corrected chi connectivity index (χ1v) is 9.96. The fraction of sp³-hybridized carbons (Fsp3) is 0.619. The second kappa shape index (κ2) is 7.50. The molecule has 0 bridgehead atoms. The van der Waals surface area contributed by atoms with E-state index in [1.807, 2.05) is 31.3 Å². The van der Waals surface area contributed by atoms with E-state index in [9.17, 15) is 9.59 Å². The van der Waals surface area contributed by atoms with Crippen LogP contribution in [0, 0.1) is 5.92 Å². The van der Waals surface area contributed by atoms with Crippen LogP contribution in [0.25, 0.3) is 0 Å². The topological polar surface area (TPSA) is 67.9 Å². The van der Waals surface area contributed by atoms with E-state index >= 15 is 0 Å². The van der Waals surface area contributed by atoms with Gasteiger partial charge in [0.05, 0.1) is 6.04 Å². The zero-order chi connectivity index (χ0) is 18.9. The molecule has 6 heteroatoms. The van der Waals surface area contributed by atoms with Crippen molar-refractivity contribution in [1.29, 1.82) is 0 Å². The van der Waals surface area contributed by atoms with Crippen molar-refractivity contribution in [3.63, 3.8) is 0 Å². The third-order valence-corrected chi connectivity index (χ3v) is 6.23. The van der Waals surface area contributed by atoms with E-state index in [0.29, 0.717) is 39.0 Å². The molecule has 1 aromatic carbocycles. The van der Waals surface area contributed by atoms with Crippen molar-refractivity contribution in [2.45, 2.75) is 50.2 Å². The number of carbonyl (C=O) groups excluding carboxylic acids is 2. The fourth-order valence-corrected chi connectivity index (χ4v) is 4.45. The summed E-state index contributed by atoms with van der Waals surface area (Å²) in [5.74, 6) is 1.12. The molecule has 2 fully saturated rings. The molecule has 1 N–H and O–H groups in total. The standard InChI is InChI=1S/C21H28N2O4/c1-23-11-10-21(9-6-19(23)24)14-17(16-4-2-3-5-18(16)27-21)22-20(25)15-7-12-26-13-8-15/h2-5,15,17H,6-14H2,1H3,(H,22,25). The van der Waals surface area contributed by atoms with E-state index in [4.69, 9.17) is 9.47 Å². The van der Waals surface area contributed by atoms with Gasteiger partial charge < -0.3 is 19.7 Å². The lowest BCUT2D eigenvalue weighted by Crippen LogP contribution is -2.47. The molecule has 0 saturated carbocycles. The molecule has 3 aliphatic heterocycles. The van der Waals surface area contributed by atoms with E-state index in [1.54, 1.807) is 4.90 Å². The van der Waals surface area contributed by atoms with E-state index in [-0.39, 0.29) is 23.8 Å². The maximum Gasteiger partial charge on any atom is 0.223 e. The van der Waals surface area contributed by atoms with Crippen LogP contribution in [0.15, 0.2) is 24.3 Å². The van der Waals surface area contributed by atoms with Gasteiger partial charge in [-0.15, -0.1) is 0 Å². The molecular weight excluding hydrogens is 344 g/mol. The Morgan fingerprint density at radius 2 is 2.00 bits per heavy atom. The van der Waals surface area contributed by atoms with Crippen LogP contribution >= 0.6 is 0 Å². The van der Waals surface area contributed by atoms with Gasteiger partial charge in [-0.3, -0.25) is 9.59 Å². The van der Waals surface area contributed by atoms with Crippen LogP contribution in [0.1, 0.15) is 50.1 Å². The molecule has 1 spiro atoms. The number of nitrogens with one attached hydrogen (secondary N) is 1. The summed E-state index contributed by atoms with van der Waals surface area (Å²) in [5.41, 5.74) is 0.634. The summed E-state index contributed by atoms with van der Waals surface area (Å²) in [4.78, 5) is 26.8. The molecule has 2 atom stereocenters. The van der Waals surface area contributed by atoms with E-state index in [2.05, 4.69) is 5.32 Å². The van der Waals surface area contributed by atoms with Crippen molar-refractivity contribution in [3.05, 3.63) is 29.8 Å². The van der Waals surface area contributed by atoms with Crippen molar-refractivity contribution in [1.82, 2.24) is 10.2 Å². The molecule has 27 heavy (non-hydrogen) atoms. The summed E-state index contributed by atoms with van der Waals surface area (Å²) in [6, 6.07) is 7.87. The average Bonchev–Trinajstić information content (AvgIpc) is 2.83. The molecule has 0 aromatic heterocycles. The maximum absolute atomic E-state index is 12.8. The largest absolute Gasteiger partial charge is 0.487 e. The predicted molar refractivity (Wildman–Crippen MR) is 100 cm³/mol. The Bertz CT molecular complexity index is 716. The Morgan fingerprint density at radius 1 is 1.22 bits per heavy atom. The summed E-state index contributed by atoms with van der Waals surface area (Å²) in [6.07, 6.45) is 4.23. The summed E-state index contributed by atoms with van der Waals surface area (Å²) in [7, 11) is 1.85. The Labute approximate surface area is 160 Å². The van der Waals surface area contributed by atoms with Crippen LogP contribution in [-0.4, -0.2) is 49.1 Å². The van der Waals surface area contributed by atoms with Gasteiger partial charge >= 0.3 is 0 Å². The third kappa shape index (κ3) is 3.81. The number of benzene rings is 1. The number of likely N-dealkylation sites (tertiary alicyclic amines) is 1. The highest BCUT2D eigenvalue weighted by molar-refractivity contribution is 5.79. The lowest BCUT2D eigenvalue weighted by molar-refractivity contribution is -0.130. The lowest BCUT2D eigenvalue weighted by atomic mass is 9.82. The maximum atomic E-state index is 12.8. The molecule has 2 unspecified atom stereocenters. The van der Waals surface area contributed by atoms with Gasteiger partial charge in [0.1, 0.15) is 11.4 Å². The van der Waals surface area contributed by atoms with Gasteiger partial charge in [-0.2, -0.15) is 0 Å². The molecule has 6 nitrogen and oxygen atoms in total. The third-order valence-electron chi connectivity index (χ3n) is 6.23. The number of para-hydroxylation sites is 1. The molecule has 0 radical (unpaired) electrons. The van der Waals surface area contributed by atoms with Gasteiger partial charge in [-0.1, -0.05) is 18.2 Å². The first kappa shape index (κ1) is 18.3. The molecule has 3 aliphatic rings. The zero-order valence-corrected chi connectivity index (χ0v) is 15.9. The number of ether oxygens (including phenoxy) is 2. The van der Waals surface area contributed by atoms with Gasteiger partial charge in [0.25, 0.3) is 0 Å². The van der Waals surface area contributed by atoms with Crippen LogP contribution in [0.3, 0.4) is 0 Å². The average molecular weight is 372 g/mol. The van der Waals surface area contributed by atoms with Gasteiger partial charge in [0.15, 0.2) is 0 Å². The predicted octanol–water partition coefficient (Wildman–Crippen LogP) is 2.43. The van der Waals surface area contributed by atoms with Gasteiger partial charge in [-0.25, -0.2) is 0 Å². The van der Waals surface area contributed by atoms with Crippen molar-refractivity contribution in [2.75, 3.05) is 26.8 Å². The van der Waals surface area contributed by atoms with Gasteiger partial charge in [0, 0.05) is 57.6 Å². The van der Waals surface area contributed by atoms with Crippen molar-refractivity contribution >= 4 is 11.8 Å². The fourth-order valence-electron chi connectivity index (χ4n) is 4.45. The number of hydrogen-bond acceptors (Lipinski definition) is 4. The summed E-state index contributed by atoms with van der Waals surface area (Å²) < 4.78 is 11.8. The molecule has 4 rings (SSSR count). The minimum Gasteiger partial charge on any atom is -0.487 e. The minimum atomic E-state index is -0.400. The van der Waals surface area contributed by atoms with E-state index < -0.39 is 5.60 Å². The second-order valence-electron chi connectivity index (χ2n) is 8.04. The summed E-state index contributed by atoms with van der Waals surface area (Å²) in [6.45, 7) is 1.99. The Morgan fingerprint density at radius 3 is 2.81 bits per heavy atom. The highest BCUT2D eigenvalue weighted by Gasteiger charge is 2.43. The van der Waals surface area contributed by atoms with Crippen LogP contribution in [0.4, 0.5) is 0 Å². The highest BCUT2D eigenvalue weighted by Crippen LogP contribution is 2.44. The smallest absolute Gasteiger partial charge is 0.223 e. The molecule has 3 heterocycles. The van der Waals surface area contributed by atoms with Crippen LogP contribution in [-0.2, 0) is 14.3 Å². The summed E-state index contributed by atoms with van der Waals surface area (Å²) >= 11 is 0. The normalized spacial score (nSPS) is 29.0. The molecular formula is C21H28N2O4. The number of nitrogens with zero attached hydrogens (tertiary/aromatic N) is 1. The monoisotopic (exact) mass is 372 g/mol. The molecule has 146 valence electrons. The molecule has 2 amide bonds. The number of hydrogen-bond donors (Lipinski definition) is 1. The van der Waals surface area contributed by atoms with Gasteiger partial charge in [0.2, 0.25) is 11.8 Å².